The van der Waals surface area contributed by atoms with Crippen LogP contribution in [0.2, 0.25) is 0 Å². The third-order valence-electron chi connectivity index (χ3n) is 4.11. The molecule has 2 N–H and O–H groups in total. The van der Waals surface area contributed by atoms with Crippen LogP contribution in [0.1, 0.15) is 19.3 Å². The third kappa shape index (κ3) is 2.68. The van der Waals surface area contributed by atoms with Crippen molar-refractivity contribution >= 4 is 10.0 Å². The Labute approximate surface area is 120 Å². The molecule has 0 saturated heterocycles. The Morgan fingerprint density at radius 1 is 1.35 bits per heavy atom. The smallest absolute Gasteiger partial charge is 0.246 e. The maximum atomic E-state index is 12.8. The van der Waals surface area contributed by atoms with Crippen LogP contribution in [-0.2, 0) is 10.0 Å². The topological polar surface area (TPSA) is 72.6 Å². The van der Waals surface area contributed by atoms with Gasteiger partial charge in [-0.05, 0) is 37.4 Å². The molecule has 1 aromatic rings. The van der Waals surface area contributed by atoms with Crippen LogP contribution in [0.15, 0.2) is 29.2 Å². The number of hydrogen-bond donors (Lipinski definition) is 1. The molecule has 112 valence electrons. The minimum Gasteiger partial charge on any atom is -0.495 e. The summed E-state index contributed by atoms with van der Waals surface area (Å²) in [6.07, 6.45) is 2.89. The van der Waals surface area contributed by atoms with E-state index in [0.29, 0.717) is 12.3 Å². The van der Waals surface area contributed by atoms with Gasteiger partial charge in [0.05, 0.1) is 7.11 Å². The second-order valence-corrected chi connectivity index (χ2v) is 7.13. The second kappa shape index (κ2) is 6.11. The molecule has 1 saturated carbocycles. The van der Waals surface area contributed by atoms with Crippen molar-refractivity contribution in [2.45, 2.75) is 30.2 Å². The van der Waals surface area contributed by atoms with Crippen molar-refractivity contribution < 1.29 is 13.2 Å². The summed E-state index contributed by atoms with van der Waals surface area (Å²) in [7, 11) is -0.437. The normalized spacial score (nSPS) is 23.2. The standard InChI is InChI=1S/C14H22N2O3S/c1-16(12-7-5-6-11(12)10-15)20(17,18)14-9-4-3-8-13(14)19-2/h3-4,8-9,11-12H,5-7,10,15H2,1-2H3. The molecule has 0 aromatic heterocycles. The highest BCUT2D eigenvalue weighted by Crippen LogP contribution is 2.34. The molecule has 1 aliphatic rings. The lowest BCUT2D eigenvalue weighted by atomic mass is 10.0. The molecule has 6 heteroatoms. The van der Waals surface area contributed by atoms with Gasteiger partial charge in [0, 0.05) is 13.1 Å². The van der Waals surface area contributed by atoms with Gasteiger partial charge in [0.25, 0.3) is 0 Å². The van der Waals surface area contributed by atoms with Crippen LogP contribution in [0, 0.1) is 5.92 Å². The molecule has 0 amide bonds. The molecular formula is C14H22N2O3S. The molecule has 0 spiro atoms. The number of benzene rings is 1. The monoisotopic (exact) mass is 298 g/mol. The van der Waals surface area contributed by atoms with Gasteiger partial charge in [0.1, 0.15) is 10.6 Å². The van der Waals surface area contributed by atoms with Crippen molar-refractivity contribution in [2.24, 2.45) is 11.7 Å². The van der Waals surface area contributed by atoms with Crippen LogP contribution in [0.25, 0.3) is 0 Å². The number of ether oxygens (including phenoxy) is 1. The van der Waals surface area contributed by atoms with E-state index in [0.717, 1.165) is 19.3 Å². The van der Waals surface area contributed by atoms with Gasteiger partial charge < -0.3 is 10.5 Å². The molecular weight excluding hydrogens is 276 g/mol. The maximum Gasteiger partial charge on any atom is 0.246 e. The predicted octanol–water partition coefficient (Wildman–Crippen LogP) is 1.44. The number of rotatable bonds is 5. The van der Waals surface area contributed by atoms with Crippen molar-refractivity contribution in [3.05, 3.63) is 24.3 Å². The van der Waals surface area contributed by atoms with Crippen molar-refractivity contribution in [2.75, 3.05) is 20.7 Å². The minimum absolute atomic E-state index is 0.0186. The van der Waals surface area contributed by atoms with Crippen LogP contribution in [0.4, 0.5) is 0 Å². The summed E-state index contributed by atoms with van der Waals surface area (Å²) >= 11 is 0. The first-order valence-corrected chi connectivity index (χ1v) is 8.27. The largest absolute Gasteiger partial charge is 0.495 e. The Hall–Kier alpha value is -1.11. The quantitative estimate of drug-likeness (QED) is 0.893. The summed E-state index contributed by atoms with van der Waals surface area (Å²) in [4.78, 5) is 0.215. The first kappa shape index (κ1) is 15.3. The molecule has 0 aliphatic heterocycles. The summed E-state index contributed by atoms with van der Waals surface area (Å²) in [5, 5.41) is 0. The number of hydrogen-bond acceptors (Lipinski definition) is 4. The van der Waals surface area contributed by atoms with Gasteiger partial charge in [-0.25, -0.2) is 8.42 Å². The lowest BCUT2D eigenvalue weighted by Crippen LogP contribution is -2.41. The fraction of sp³-hybridized carbons (Fsp3) is 0.571. The molecule has 2 rings (SSSR count). The number of nitrogens with zero attached hydrogens (tertiary/aromatic N) is 1. The van der Waals surface area contributed by atoms with Crippen LogP contribution in [-0.4, -0.2) is 39.5 Å². The molecule has 1 aromatic carbocycles. The molecule has 20 heavy (non-hydrogen) atoms. The van der Waals surface area contributed by atoms with Gasteiger partial charge in [-0.1, -0.05) is 18.6 Å². The Balaban J connectivity index is 2.34. The molecule has 1 fully saturated rings. The van der Waals surface area contributed by atoms with E-state index in [1.165, 1.54) is 11.4 Å². The first-order chi connectivity index (χ1) is 9.52. The Morgan fingerprint density at radius 3 is 2.70 bits per heavy atom. The van der Waals surface area contributed by atoms with E-state index in [4.69, 9.17) is 10.5 Å². The average molecular weight is 298 g/mol. The van der Waals surface area contributed by atoms with Gasteiger partial charge in [0.15, 0.2) is 0 Å². The zero-order valence-electron chi connectivity index (χ0n) is 12.0. The van der Waals surface area contributed by atoms with E-state index in [-0.39, 0.29) is 16.9 Å². The first-order valence-electron chi connectivity index (χ1n) is 6.83. The zero-order valence-corrected chi connectivity index (χ0v) is 12.8. The Kier molecular flexibility index (Phi) is 4.67. The van der Waals surface area contributed by atoms with E-state index in [9.17, 15) is 8.42 Å². The highest BCUT2D eigenvalue weighted by Gasteiger charge is 2.36. The van der Waals surface area contributed by atoms with Gasteiger partial charge >= 0.3 is 0 Å². The van der Waals surface area contributed by atoms with Crippen molar-refractivity contribution in [1.82, 2.24) is 4.31 Å². The Morgan fingerprint density at radius 2 is 2.05 bits per heavy atom. The summed E-state index contributed by atoms with van der Waals surface area (Å²) in [6, 6.07) is 6.69. The van der Waals surface area contributed by atoms with Crippen LogP contribution in [0.3, 0.4) is 0 Å². The molecule has 5 nitrogen and oxygen atoms in total. The minimum atomic E-state index is -3.56. The lowest BCUT2D eigenvalue weighted by Gasteiger charge is -2.28. The fourth-order valence-corrected chi connectivity index (χ4v) is 4.54. The second-order valence-electron chi connectivity index (χ2n) is 5.17. The third-order valence-corrected chi connectivity index (χ3v) is 6.04. The summed E-state index contributed by atoms with van der Waals surface area (Å²) in [6.45, 7) is 0.524. The van der Waals surface area contributed by atoms with E-state index < -0.39 is 10.0 Å². The van der Waals surface area contributed by atoms with E-state index in [1.807, 2.05) is 0 Å². The fourth-order valence-electron chi connectivity index (χ4n) is 2.94. The van der Waals surface area contributed by atoms with E-state index in [2.05, 4.69) is 0 Å². The summed E-state index contributed by atoms with van der Waals surface area (Å²) < 4.78 is 32.2. The average Bonchev–Trinajstić information content (AvgIpc) is 2.94. The van der Waals surface area contributed by atoms with Gasteiger partial charge in [-0.2, -0.15) is 4.31 Å². The number of nitrogens with two attached hydrogens (primary N) is 1. The number of sulfonamides is 1. The van der Waals surface area contributed by atoms with Crippen molar-refractivity contribution in [3.63, 3.8) is 0 Å². The number of para-hydroxylation sites is 1. The predicted molar refractivity (Wildman–Crippen MR) is 78.1 cm³/mol. The molecule has 0 bridgehead atoms. The SMILES string of the molecule is COc1ccccc1S(=O)(=O)N(C)C1CCCC1CN. The summed E-state index contributed by atoms with van der Waals surface area (Å²) in [5.41, 5.74) is 5.75. The highest BCUT2D eigenvalue weighted by molar-refractivity contribution is 7.89. The van der Waals surface area contributed by atoms with Gasteiger partial charge in [0.2, 0.25) is 10.0 Å². The Bertz CT molecular complexity index is 559. The van der Waals surface area contributed by atoms with Crippen LogP contribution >= 0.6 is 0 Å². The van der Waals surface area contributed by atoms with E-state index in [1.54, 1.807) is 31.3 Å². The van der Waals surface area contributed by atoms with Crippen molar-refractivity contribution in [3.8, 4) is 5.75 Å². The molecule has 1 aliphatic carbocycles. The zero-order chi connectivity index (χ0) is 14.8. The van der Waals surface area contributed by atoms with Crippen LogP contribution in [0.5, 0.6) is 5.75 Å². The van der Waals surface area contributed by atoms with E-state index >= 15 is 0 Å². The van der Waals surface area contributed by atoms with Gasteiger partial charge in [-0.15, -0.1) is 0 Å². The highest BCUT2D eigenvalue weighted by atomic mass is 32.2. The molecule has 2 atom stereocenters. The lowest BCUT2D eigenvalue weighted by molar-refractivity contribution is 0.302. The molecule has 2 unspecified atom stereocenters. The summed E-state index contributed by atoms with van der Waals surface area (Å²) in [5.74, 6) is 0.617. The molecule has 0 radical (unpaired) electrons. The van der Waals surface area contributed by atoms with Gasteiger partial charge in [-0.3, -0.25) is 0 Å². The maximum absolute atomic E-state index is 12.8. The number of methoxy groups -OCH3 is 1. The van der Waals surface area contributed by atoms with Crippen molar-refractivity contribution in [1.29, 1.82) is 0 Å². The molecule has 0 heterocycles. The van der Waals surface area contributed by atoms with Crippen LogP contribution < -0.4 is 10.5 Å².